The zero-order valence-corrected chi connectivity index (χ0v) is 16.8. The molecule has 1 atom stereocenters. The molecule has 1 N–H and O–H groups in total. The maximum Gasteiger partial charge on any atom is 0.179 e. The number of hydrogen-bond acceptors (Lipinski definition) is 3. The Hall–Kier alpha value is -1.56. The highest BCUT2D eigenvalue weighted by atomic mass is 35.5. The summed E-state index contributed by atoms with van der Waals surface area (Å²) in [4.78, 5) is 6.92. The van der Waals surface area contributed by atoms with Gasteiger partial charge in [-0.2, -0.15) is 0 Å². The van der Waals surface area contributed by atoms with Gasteiger partial charge in [-0.25, -0.2) is 4.99 Å². The van der Waals surface area contributed by atoms with Gasteiger partial charge in [0, 0.05) is 22.5 Å². The Morgan fingerprint density at radius 2 is 2.08 bits per heavy atom. The number of aliphatic imine (C=N–C) groups is 1. The Bertz CT molecular complexity index is 835. The summed E-state index contributed by atoms with van der Waals surface area (Å²) in [6.07, 6.45) is 0. The van der Waals surface area contributed by atoms with E-state index in [0.717, 1.165) is 23.1 Å². The summed E-state index contributed by atoms with van der Waals surface area (Å²) < 4.78 is 0. The molecule has 0 aliphatic carbocycles. The van der Waals surface area contributed by atoms with Crippen LogP contribution in [-0.2, 0) is 0 Å². The van der Waals surface area contributed by atoms with Crippen LogP contribution in [0.25, 0.3) is 0 Å². The lowest BCUT2D eigenvalue weighted by Crippen LogP contribution is -2.36. The average Bonchev–Trinajstić information content (AvgIpc) is 2.91. The van der Waals surface area contributed by atoms with Gasteiger partial charge in [0.1, 0.15) is 0 Å². The van der Waals surface area contributed by atoms with E-state index in [-0.39, 0.29) is 0 Å². The van der Waals surface area contributed by atoms with Gasteiger partial charge in [0.05, 0.1) is 5.69 Å². The summed E-state index contributed by atoms with van der Waals surface area (Å²) in [6, 6.07) is 13.9. The van der Waals surface area contributed by atoms with Crippen molar-refractivity contribution in [2.45, 2.75) is 26.0 Å². The maximum atomic E-state index is 6.05. The van der Waals surface area contributed by atoms with Crippen LogP contribution in [-0.4, -0.2) is 27.0 Å². The number of anilines is 1. The van der Waals surface area contributed by atoms with Gasteiger partial charge in [0.25, 0.3) is 0 Å². The molecule has 3 nitrogen and oxygen atoms in total. The van der Waals surface area contributed by atoms with Crippen LogP contribution in [0.5, 0.6) is 0 Å². The molecule has 0 bridgehead atoms. The first-order valence-electron chi connectivity index (χ1n) is 8.09. The normalized spacial score (nSPS) is 18.6. The van der Waals surface area contributed by atoms with E-state index in [1.165, 1.54) is 11.1 Å². The Labute approximate surface area is 163 Å². The quantitative estimate of drug-likeness (QED) is 0.659. The number of thioether (sulfide) groups is 1. The van der Waals surface area contributed by atoms with Crippen molar-refractivity contribution >= 4 is 57.2 Å². The lowest BCUT2D eigenvalue weighted by molar-refractivity contribution is 0.641. The van der Waals surface area contributed by atoms with E-state index in [1.54, 1.807) is 11.8 Å². The van der Waals surface area contributed by atoms with Crippen LogP contribution in [0.1, 0.15) is 18.1 Å². The van der Waals surface area contributed by atoms with Crippen molar-refractivity contribution < 1.29 is 0 Å². The number of halogens is 1. The molecule has 25 heavy (non-hydrogen) atoms. The van der Waals surface area contributed by atoms with Crippen molar-refractivity contribution in [3.05, 3.63) is 58.6 Å². The third kappa shape index (κ3) is 4.54. The molecule has 2 aromatic rings. The van der Waals surface area contributed by atoms with Gasteiger partial charge in [0.15, 0.2) is 10.3 Å². The Kier molecular flexibility index (Phi) is 5.67. The van der Waals surface area contributed by atoms with E-state index >= 15 is 0 Å². The molecule has 1 aliphatic rings. The van der Waals surface area contributed by atoms with Gasteiger partial charge in [-0.15, -0.1) is 0 Å². The van der Waals surface area contributed by atoms with Crippen LogP contribution in [0.3, 0.4) is 0 Å². The van der Waals surface area contributed by atoms with E-state index in [1.807, 2.05) is 24.3 Å². The van der Waals surface area contributed by atoms with E-state index in [0.29, 0.717) is 15.4 Å². The van der Waals surface area contributed by atoms with Crippen LogP contribution in [0.2, 0.25) is 5.02 Å². The molecular formula is C19H20ClN3S2. The van der Waals surface area contributed by atoms with Crippen LogP contribution >= 0.6 is 35.6 Å². The summed E-state index contributed by atoms with van der Waals surface area (Å²) >= 11 is 13.4. The minimum absolute atomic E-state index is 0.434. The zero-order chi connectivity index (χ0) is 18.0. The summed E-state index contributed by atoms with van der Waals surface area (Å²) in [6.45, 7) is 7.19. The summed E-state index contributed by atoms with van der Waals surface area (Å²) in [5.41, 5.74) is 4.27. The molecule has 6 heteroatoms. The number of amidine groups is 1. The second-order valence-corrected chi connectivity index (χ2v) is 8.39. The fourth-order valence-electron chi connectivity index (χ4n) is 2.66. The van der Waals surface area contributed by atoms with Gasteiger partial charge in [-0.3, -0.25) is 4.90 Å². The van der Waals surface area contributed by atoms with Crippen LogP contribution < -0.4 is 5.32 Å². The molecule has 0 amide bonds. The first-order chi connectivity index (χ1) is 11.9. The number of hydrogen-bond donors (Lipinski definition) is 1. The van der Waals surface area contributed by atoms with Gasteiger partial charge in [-0.05, 0) is 55.9 Å². The number of nitrogens with one attached hydrogen (secondary N) is 1. The van der Waals surface area contributed by atoms with Gasteiger partial charge in [-0.1, -0.05) is 54.0 Å². The highest BCUT2D eigenvalue weighted by molar-refractivity contribution is 8.14. The number of nitrogens with zero attached hydrogens (tertiary/aromatic N) is 2. The highest BCUT2D eigenvalue weighted by Gasteiger charge is 2.29. The molecule has 0 aromatic heterocycles. The molecule has 0 radical (unpaired) electrons. The molecule has 1 unspecified atom stereocenters. The fourth-order valence-corrected chi connectivity index (χ4v) is 4.22. The second-order valence-electron chi connectivity index (χ2n) is 6.16. The lowest BCUT2D eigenvalue weighted by Gasteiger charge is -2.20. The molecule has 2 aromatic carbocycles. The molecule has 1 heterocycles. The molecular weight excluding hydrogens is 370 g/mol. The first-order valence-corrected chi connectivity index (χ1v) is 9.75. The summed E-state index contributed by atoms with van der Waals surface area (Å²) in [7, 11) is 0. The fraction of sp³-hybridized carbons (Fsp3) is 0.263. The molecule has 0 saturated carbocycles. The molecule has 1 aliphatic heterocycles. The van der Waals surface area contributed by atoms with E-state index in [9.17, 15) is 0 Å². The lowest BCUT2D eigenvalue weighted by atomic mass is 10.1. The predicted octanol–water partition coefficient (Wildman–Crippen LogP) is 5.78. The van der Waals surface area contributed by atoms with Crippen molar-refractivity contribution in [2.24, 2.45) is 4.99 Å². The van der Waals surface area contributed by atoms with Crippen LogP contribution in [0.15, 0.2) is 47.5 Å². The van der Waals surface area contributed by atoms with Crippen molar-refractivity contribution in [3.8, 4) is 0 Å². The van der Waals surface area contributed by atoms with Crippen molar-refractivity contribution in [3.63, 3.8) is 0 Å². The Morgan fingerprint density at radius 1 is 1.28 bits per heavy atom. The maximum absolute atomic E-state index is 6.05. The largest absolute Gasteiger partial charge is 0.332 e. The van der Waals surface area contributed by atoms with Gasteiger partial charge >= 0.3 is 0 Å². The number of thiocarbonyl (C=S) groups is 1. The van der Waals surface area contributed by atoms with Crippen molar-refractivity contribution in [2.75, 3.05) is 11.9 Å². The number of benzene rings is 2. The average molecular weight is 390 g/mol. The Morgan fingerprint density at radius 3 is 2.80 bits per heavy atom. The van der Waals surface area contributed by atoms with E-state index in [2.05, 4.69) is 49.2 Å². The van der Waals surface area contributed by atoms with Crippen molar-refractivity contribution in [1.82, 2.24) is 4.90 Å². The number of aryl methyl sites for hydroxylation is 2. The van der Waals surface area contributed by atoms with E-state index in [4.69, 9.17) is 28.8 Å². The summed E-state index contributed by atoms with van der Waals surface area (Å²) in [5.74, 6) is 0. The molecule has 1 fully saturated rings. The molecule has 1 saturated heterocycles. The summed E-state index contributed by atoms with van der Waals surface area (Å²) in [5, 5.41) is 5.95. The monoisotopic (exact) mass is 389 g/mol. The van der Waals surface area contributed by atoms with E-state index < -0.39 is 0 Å². The third-order valence-corrected chi connectivity index (χ3v) is 5.50. The van der Waals surface area contributed by atoms with Crippen LogP contribution in [0.4, 0.5) is 11.4 Å². The SMILES string of the molecule is Cc1ccc(/N=C2/SC(C)CN2C(=S)Nc2cccc(Cl)c2)c(C)c1. The van der Waals surface area contributed by atoms with Gasteiger partial charge < -0.3 is 5.32 Å². The minimum atomic E-state index is 0.434. The molecule has 130 valence electrons. The third-order valence-electron chi connectivity index (χ3n) is 3.87. The van der Waals surface area contributed by atoms with Gasteiger partial charge in [0.2, 0.25) is 0 Å². The smallest absolute Gasteiger partial charge is 0.179 e. The molecule has 3 rings (SSSR count). The zero-order valence-electron chi connectivity index (χ0n) is 14.4. The predicted molar refractivity (Wildman–Crippen MR) is 114 cm³/mol. The first kappa shape index (κ1) is 18.2. The topological polar surface area (TPSA) is 27.6 Å². The number of rotatable bonds is 2. The van der Waals surface area contributed by atoms with Crippen molar-refractivity contribution in [1.29, 1.82) is 0 Å². The van der Waals surface area contributed by atoms with Crippen LogP contribution in [0, 0.1) is 13.8 Å². The Balaban J connectivity index is 1.83. The molecule has 0 spiro atoms. The highest BCUT2D eigenvalue weighted by Crippen LogP contribution is 2.30. The minimum Gasteiger partial charge on any atom is -0.332 e. The second kappa shape index (κ2) is 7.77. The standard InChI is InChI=1S/C19H20ClN3S2/c1-12-7-8-17(13(2)9-12)22-19-23(11-14(3)25-19)18(24)21-16-6-4-5-15(20)10-16/h4-10,14H,11H2,1-3H3,(H,21,24)/b22-19+.